The fourth-order valence-electron chi connectivity index (χ4n) is 3.40. The average molecular weight is 392 g/mol. The quantitative estimate of drug-likeness (QED) is 0.656. The number of nitrogens with zero attached hydrogens (tertiary/aromatic N) is 2. The highest BCUT2D eigenvalue weighted by atomic mass is 32.1. The number of likely N-dealkylation sites (tertiary alicyclic amines) is 1. The summed E-state index contributed by atoms with van der Waals surface area (Å²) in [6, 6.07) is 18.4. The molecular formula is C23H25N3OS. The standard InChI is InChI=1S/C23H25N3OS/c1-16(2)26-14-19(15-26)23-24-13-21(28-23)18-10-8-17(9-11-18)12-22(27)25-20-6-4-3-5-7-20/h3-11,13,16,19H,12,14-15H2,1-2H3,(H,25,27). The molecule has 0 saturated carbocycles. The van der Waals surface area contributed by atoms with Gasteiger partial charge in [-0.2, -0.15) is 0 Å². The van der Waals surface area contributed by atoms with E-state index < -0.39 is 0 Å². The van der Waals surface area contributed by atoms with Gasteiger partial charge >= 0.3 is 0 Å². The van der Waals surface area contributed by atoms with Crippen molar-refractivity contribution in [2.45, 2.75) is 32.2 Å². The number of hydrogen-bond acceptors (Lipinski definition) is 4. The minimum absolute atomic E-state index is 0.00119. The Hall–Kier alpha value is -2.50. The summed E-state index contributed by atoms with van der Waals surface area (Å²) in [5.41, 5.74) is 3.00. The molecule has 1 aliphatic rings. The predicted octanol–water partition coefficient (Wildman–Crippen LogP) is 4.80. The lowest BCUT2D eigenvalue weighted by atomic mass is 9.99. The van der Waals surface area contributed by atoms with Crippen LogP contribution in [0.1, 0.15) is 30.3 Å². The maximum atomic E-state index is 12.2. The summed E-state index contributed by atoms with van der Waals surface area (Å²) >= 11 is 1.79. The molecule has 0 aliphatic carbocycles. The van der Waals surface area contributed by atoms with Crippen molar-refractivity contribution in [2.24, 2.45) is 0 Å². The Morgan fingerprint density at radius 1 is 1.14 bits per heavy atom. The first-order chi connectivity index (χ1) is 13.6. The van der Waals surface area contributed by atoms with Crippen LogP contribution in [-0.2, 0) is 11.2 Å². The number of hydrogen-bond donors (Lipinski definition) is 1. The first-order valence-corrected chi connectivity index (χ1v) is 10.5. The van der Waals surface area contributed by atoms with Gasteiger partial charge in [-0.05, 0) is 37.1 Å². The summed E-state index contributed by atoms with van der Waals surface area (Å²) in [6.45, 7) is 6.70. The summed E-state index contributed by atoms with van der Waals surface area (Å²) in [7, 11) is 0. The zero-order valence-corrected chi connectivity index (χ0v) is 17.1. The second-order valence-electron chi connectivity index (χ2n) is 7.60. The van der Waals surface area contributed by atoms with Crippen molar-refractivity contribution in [3.8, 4) is 10.4 Å². The second-order valence-corrected chi connectivity index (χ2v) is 8.66. The maximum absolute atomic E-state index is 12.2. The van der Waals surface area contributed by atoms with Crippen LogP contribution >= 0.6 is 11.3 Å². The second kappa shape index (κ2) is 8.25. The fourth-order valence-corrected chi connectivity index (χ4v) is 4.41. The number of carbonyl (C=O) groups excluding carboxylic acids is 1. The summed E-state index contributed by atoms with van der Waals surface area (Å²) in [5, 5.41) is 4.16. The Kier molecular flexibility index (Phi) is 5.55. The third kappa shape index (κ3) is 4.32. The number of benzene rings is 2. The van der Waals surface area contributed by atoms with E-state index in [0.29, 0.717) is 18.4 Å². The number of para-hydroxylation sites is 1. The van der Waals surface area contributed by atoms with E-state index in [2.05, 4.69) is 41.2 Å². The summed E-state index contributed by atoms with van der Waals surface area (Å²) in [6.07, 6.45) is 2.35. The lowest BCUT2D eigenvalue weighted by molar-refractivity contribution is -0.115. The zero-order valence-electron chi connectivity index (χ0n) is 16.3. The maximum Gasteiger partial charge on any atom is 0.228 e. The van der Waals surface area contributed by atoms with E-state index in [0.717, 1.165) is 29.9 Å². The molecule has 1 fully saturated rings. The average Bonchev–Trinajstić information content (AvgIpc) is 3.11. The number of amides is 1. The molecule has 0 radical (unpaired) electrons. The summed E-state index contributed by atoms with van der Waals surface area (Å²) < 4.78 is 0. The van der Waals surface area contributed by atoms with Gasteiger partial charge in [-0.3, -0.25) is 9.69 Å². The Balaban J connectivity index is 1.35. The van der Waals surface area contributed by atoms with Crippen molar-refractivity contribution in [3.05, 3.63) is 71.4 Å². The fraction of sp³-hybridized carbons (Fsp3) is 0.304. The molecule has 2 aromatic carbocycles. The van der Waals surface area contributed by atoms with Crippen LogP contribution in [0.25, 0.3) is 10.4 Å². The molecule has 0 bridgehead atoms. The molecule has 0 spiro atoms. The van der Waals surface area contributed by atoms with E-state index in [4.69, 9.17) is 0 Å². The van der Waals surface area contributed by atoms with Gasteiger partial charge in [0.25, 0.3) is 0 Å². The van der Waals surface area contributed by atoms with Crippen molar-refractivity contribution in [1.29, 1.82) is 0 Å². The molecule has 1 aliphatic heterocycles. The zero-order chi connectivity index (χ0) is 19.5. The smallest absolute Gasteiger partial charge is 0.228 e. The van der Waals surface area contributed by atoms with Crippen LogP contribution in [0.2, 0.25) is 0 Å². The molecular weight excluding hydrogens is 366 g/mol. The monoisotopic (exact) mass is 391 g/mol. The molecule has 28 heavy (non-hydrogen) atoms. The van der Waals surface area contributed by atoms with E-state index in [1.54, 1.807) is 11.3 Å². The van der Waals surface area contributed by atoms with E-state index in [1.165, 1.54) is 9.88 Å². The van der Waals surface area contributed by atoms with Crippen molar-refractivity contribution in [3.63, 3.8) is 0 Å². The van der Waals surface area contributed by atoms with Gasteiger partial charge in [-0.1, -0.05) is 42.5 Å². The largest absolute Gasteiger partial charge is 0.326 e. The topological polar surface area (TPSA) is 45.2 Å². The van der Waals surface area contributed by atoms with Gasteiger partial charge < -0.3 is 5.32 Å². The number of thiazole rings is 1. The highest BCUT2D eigenvalue weighted by Gasteiger charge is 2.31. The molecule has 4 rings (SSSR count). The first-order valence-electron chi connectivity index (χ1n) is 9.72. The third-order valence-electron chi connectivity index (χ3n) is 5.17. The number of rotatable bonds is 6. The van der Waals surface area contributed by atoms with Crippen molar-refractivity contribution >= 4 is 22.9 Å². The molecule has 0 unspecified atom stereocenters. The molecule has 5 heteroatoms. The van der Waals surface area contributed by atoms with Crippen molar-refractivity contribution < 1.29 is 4.79 Å². The Labute approximate surface area is 170 Å². The SMILES string of the molecule is CC(C)N1CC(c2ncc(-c3ccc(CC(=O)Nc4ccccc4)cc3)s2)C1. The highest BCUT2D eigenvalue weighted by Crippen LogP contribution is 2.35. The Morgan fingerprint density at radius 2 is 1.86 bits per heavy atom. The van der Waals surface area contributed by atoms with Gasteiger partial charge in [0.1, 0.15) is 0 Å². The number of nitrogens with one attached hydrogen (secondary N) is 1. The number of carbonyl (C=O) groups is 1. The highest BCUT2D eigenvalue weighted by molar-refractivity contribution is 7.15. The normalized spacial score (nSPS) is 14.8. The van der Waals surface area contributed by atoms with E-state index in [1.807, 2.05) is 48.7 Å². The lowest BCUT2D eigenvalue weighted by Gasteiger charge is -2.41. The molecule has 0 atom stereocenters. The minimum atomic E-state index is -0.00119. The van der Waals surface area contributed by atoms with E-state index >= 15 is 0 Å². The van der Waals surface area contributed by atoms with Crippen LogP contribution in [-0.4, -0.2) is 34.9 Å². The van der Waals surface area contributed by atoms with Crippen LogP contribution < -0.4 is 5.32 Å². The van der Waals surface area contributed by atoms with Gasteiger partial charge in [0.05, 0.1) is 16.3 Å². The van der Waals surface area contributed by atoms with Gasteiger partial charge in [0, 0.05) is 36.9 Å². The minimum Gasteiger partial charge on any atom is -0.326 e. The van der Waals surface area contributed by atoms with Crippen LogP contribution in [0.3, 0.4) is 0 Å². The number of anilines is 1. The first kappa shape index (κ1) is 18.8. The van der Waals surface area contributed by atoms with Gasteiger partial charge in [-0.25, -0.2) is 4.98 Å². The molecule has 144 valence electrons. The summed E-state index contributed by atoms with van der Waals surface area (Å²) in [5.74, 6) is 0.570. The van der Waals surface area contributed by atoms with Crippen molar-refractivity contribution in [1.82, 2.24) is 9.88 Å². The number of aromatic nitrogens is 1. The van der Waals surface area contributed by atoms with Gasteiger partial charge in [0.2, 0.25) is 5.91 Å². The van der Waals surface area contributed by atoms with E-state index in [-0.39, 0.29) is 5.91 Å². The van der Waals surface area contributed by atoms with Crippen LogP contribution in [0.5, 0.6) is 0 Å². The molecule has 1 amide bonds. The van der Waals surface area contributed by atoms with Crippen LogP contribution in [0.15, 0.2) is 60.8 Å². The predicted molar refractivity (Wildman–Crippen MR) is 116 cm³/mol. The Morgan fingerprint density at radius 3 is 2.54 bits per heavy atom. The Bertz CT molecular complexity index is 928. The molecule has 1 N–H and O–H groups in total. The molecule has 1 aromatic heterocycles. The van der Waals surface area contributed by atoms with Crippen molar-refractivity contribution in [2.75, 3.05) is 18.4 Å². The molecule has 1 saturated heterocycles. The third-order valence-corrected chi connectivity index (χ3v) is 6.38. The lowest BCUT2D eigenvalue weighted by Crippen LogP contribution is -2.48. The van der Waals surface area contributed by atoms with Crippen LogP contribution in [0, 0.1) is 0 Å². The van der Waals surface area contributed by atoms with E-state index in [9.17, 15) is 4.79 Å². The molecule has 2 heterocycles. The van der Waals surface area contributed by atoms with Gasteiger partial charge in [-0.15, -0.1) is 11.3 Å². The molecule has 4 nitrogen and oxygen atoms in total. The molecule has 3 aromatic rings. The van der Waals surface area contributed by atoms with Crippen LogP contribution in [0.4, 0.5) is 5.69 Å². The van der Waals surface area contributed by atoms with Gasteiger partial charge in [0.15, 0.2) is 0 Å². The summed E-state index contributed by atoms with van der Waals surface area (Å²) in [4.78, 5) is 20.5.